The second kappa shape index (κ2) is 13.3. The molecule has 0 aliphatic heterocycles. The normalized spacial score (nSPS) is 23.2. The maximum absolute atomic E-state index is 13.6. The van der Waals surface area contributed by atoms with Gasteiger partial charge in [0.05, 0.1) is 10.9 Å². The van der Waals surface area contributed by atoms with Gasteiger partial charge in [-0.3, -0.25) is 4.79 Å². The van der Waals surface area contributed by atoms with Crippen LogP contribution in [0.15, 0.2) is 90.7 Å². The van der Waals surface area contributed by atoms with Gasteiger partial charge in [0.2, 0.25) is 0 Å². The minimum atomic E-state index is -0.565. The van der Waals surface area contributed by atoms with Crippen molar-refractivity contribution in [1.82, 2.24) is 10.6 Å². The molecule has 3 aromatic carbocycles. The summed E-state index contributed by atoms with van der Waals surface area (Å²) < 4.78 is 5.87. The number of allylic oxidation sites excluding steroid dienone is 1. The topological polar surface area (TPSA) is 88.4 Å². The van der Waals surface area contributed by atoms with E-state index in [9.17, 15) is 4.79 Å². The summed E-state index contributed by atoms with van der Waals surface area (Å²) in [6, 6.07) is 18.8. The van der Waals surface area contributed by atoms with Crippen LogP contribution in [0.5, 0.6) is 0 Å². The molecular formula is C35H37Cl3N4O2. The standard InChI is InChI=1S/C35H37Cl3N4O2/c1-5-22-8-11-28(41-34(44-4)32-31(35(32,3)38)23-15-24(36)17-25(37)16-23)18-29(22)33(43)42-30-13-12-27(14-20(30)2)40-19-21-6-9-26(39)10-7-21/h5-12,14-18,30-32,34,40-41H,1,13,19,39H2,2-4H3,(H,42,43)/t30-,31+,32?,34?,35?/m0/s1. The molecule has 2 aliphatic rings. The van der Waals surface area contributed by atoms with Crippen molar-refractivity contribution in [3.05, 3.63) is 123 Å². The first-order chi connectivity index (χ1) is 21.0. The van der Waals surface area contributed by atoms with Crippen molar-refractivity contribution in [2.45, 2.75) is 49.9 Å². The van der Waals surface area contributed by atoms with Crippen LogP contribution in [0.2, 0.25) is 10.0 Å². The van der Waals surface area contributed by atoms with Gasteiger partial charge in [0.15, 0.2) is 0 Å². The quantitative estimate of drug-likeness (QED) is 0.0955. The van der Waals surface area contributed by atoms with E-state index in [0.717, 1.165) is 39.3 Å². The Bertz CT molecular complexity index is 1600. The van der Waals surface area contributed by atoms with E-state index >= 15 is 0 Å². The predicted molar refractivity (Wildman–Crippen MR) is 183 cm³/mol. The van der Waals surface area contributed by atoms with Crippen molar-refractivity contribution < 1.29 is 9.53 Å². The second-order valence-electron chi connectivity index (χ2n) is 11.6. The SMILES string of the molecule is C=Cc1ccc(NC(OC)C2[C@@H](c3cc(Cl)cc(Cl)c3)C2(C)Cl)cc1C(=O)N[C@H]1CC=C(NCc2ccc(N)cc2)C=C1C. The third-order valence-corrected chi connectivity index (χ3v) is 9.37. The Morgan fingerprint density at radius 3 is 2.48 bits per heavy atom. The highest BCUT2D eigenvalue weighted by Gasteiger charge is 2.64. The zero-order chi connectivity index (χ0) is 31.6. The van der Waals surface area contributed by atoms with E-state index in [0.29, 0.717) is 28.6 Å². The number of carbonyl (C=O) groups is 1. The molecule has 1 saturated carbocycles. The monoisotopic (exact) mass is 650 g/mol. The molecule has 5 N–H and O–H groups in total. The Labute approximate surface area is 274 Å². The average molecular weight is 652 g/mol. The fraction of sp³-hybridized carbons (Fsp3) is 0.286. The molecule has 5 rings (SSSR count). The Balaban J connectivity index is 1.25. The molecule has 44 heavy (non-hydrogen) atoms. The summed E-state index contributed by atoms with van der Waals surface area (Å²) in [6.07, 6.45) is 6.12. The van der Waals surface area contributed by atoms with Gasteiger partial charge in [-0.15, -0.1) is 11.6 Å². The Morgan fingerprint density at radius 1 is 1.14 bits per heavy atom. The van der Waals surface area contributed by atoms with Crippen molar-refractivity contribution >= 4 is 58.2 Å². The summed E-state index contributed by atoms with van der Waals surface area (Å²) in [7, 11) is 1.64. The molecule has 0 spiro atoms. The lowest BCUT2D eigenvalue weighted by Gasteiger charge is -2.24. The number of halogens is 3. The highest BCUT2D eigenvalue weighted by atomic mass is 35.5. The molecule has 6 nitrogen and oxygen atoms in total. The number of nitrogens with one attached hydrogen (secondary N) is 3. The number of hydrogen-bond acceptors (Lipinski definition) is 5. The molecular weight excluding hydrogens is 615 g/mol. The molecule has 0 radical (unpaired) electrons. The molecule has 0 aromatic heterocycles. The summed E-state index contributed by atoms with van der Waals surface area (Å²) in [6.45, 7) is 8.62. The minimum Gasteiger partial charge on any atom is -0.399 e. The van der Waals surface area contributed by atoms with E-state index in [-0.39, 0.29) is 23.8 Å². The number of benzene rings is 3. The fourth-order valence-electron chi connectivity index (χ4n) is 5.96. The van der Waals surface area contributed by atoms with E-state index < -0.39 is 11.1 Å². The molecule has 0 heterocycles. The zero-order valence-electron chi connectivity index (χ0n) is 25.0. The van der Waals surface area contributed by atoms with Gasteiger partial charge in [-0.2, -0.15) is 0 Å². The molecule has 0 saturated heterocycles. The number of alkyl halides is 1. The number of methoxy groups -OCH3 is 1. The summed E-state index contributed by atoms with van der Waals surface area (Å²) in [4.78, 5) is 13.0. The first kappa shape index (κ1) is 32.0. The van der Waals surface area contributed by atoms with Crippen LogP contribution in [0.3, 0.4) is 0 Å². The van der Waals surface area contributed by atoms with Gasteiger partial charge < -0.3 is 26.4 Å². The van der Waals surface area contributed by atoms with Crippen LogP contribution in [0, 0.1) is 5.92 Å². The fourth-order valence-corrected chi connectivity index (χ4v) is 6.94. The van der Waals surface area contributed by atoms with Crippen LogP contribution < -0.4 is 21.7 Å². The number of rotatable bonds is 11. The predicted octanol–water partition coefficient (Wildman–Crippen LogP) is 8.14. The van der Waals surface area contributed by atoms with Crippen LogP contribution in [-0.4, -0.2) is 30.2 Å². The lowest BCUT2D eigenvalue weighted by molar-refractivity contribution is 0.0941. The number of hydrogen-bond donors (Lipinski definition) is 4. The summed E-state index contributed by atoms with van der Waals surface area (Å²) in [5.74, 6) is -0.264. The van der Waals surface area contributed by atoms with Gasteiger partial charge in [0.25, 0.3) is 5.91 Å². The largest absolute Gasteiger partial charge is 0.399 e. The van der Waals surface area contributed by atoms with Crippen molar-refractivity contribution in [3.63, 3.8) is 0 Å². The summed E-state index contributed by atoms with van der Waals surface area (Å²) in [5.41, 5.74) is 12.7. The smallest absolute Gasteiger partial charge is 0.252 e. The number of carbonyl (C=O) groups excluding carboxylic acids is 1. The van der Waals surface area contributed by atoms with E-state index in [4.69, 9.17) is 45.3 Å². The van der Waals surface area contributed by atoms with Crippen molar-refractivity contribution in [1.29, 1.82) is 0 Å². The van der Waals surface area contributed by atoms with Crippen molar-refractivity contribution in [3.8, 4) is 0 Å². The molecule has 2 aliphatic carbocycles. The number of ether oxygens (including phenoxy) is 1. The maximum atomic E-state index is 13.6. The van der Waals surface area contributed by atoms with Gasteiger partial charge in [-0.1, -0.05) is 60.1 Å². The molecule has 1 amide bonds. The Morgan fingerprint density at radius 2 is 1.84 bits per heavy atom. The molecule has 3 aromatic rings. The third-order valence-electron chi connectivity index (χ3n) is 8.45. The highest BCUT2D eigenvalue weighted by molar-refractivity contribution is 6.34. The van der Waals surface area contributed by atoms with Crippen LogP contribution in [0.25, 0.3) is 6.08 Å². The summed E-state index contributed by atoms with van der Waals surface area (Å²) in [5, 5.41) is 11.2. The second-order valence-corrected chi connectivity index (χ2v) is 13.3. The molecule has 5 atom stereocenters. The van der Waals surface area contributed by atoms with E-state index in [2.05, 4.69) is 34.7 Å². The van der Waals surface area contributed by atoms with Crippen LogP contribution in [-0.2, 0) is 11.3 Å². The van der Waals surface area contributed by atoms with Gasteiger partial charge >= 0.3 is 0 Å². The molecule has 9 heteroatoms. The maximum Gasteiger partial charge on any atom is 0.252 e. The molecule has 3 unspecified atom stereocenters. The Kier molecular flexibility index (Phi) is 9.66. The van der Waals surface area contributed by atoms with Crippen LogP contribution in [0.4, 0.5) is 11.4 Å². The van der Waals surface area contributed by atoms with Crippen molar-refractivity contribution in [2.24, 2.45) is 5.92 Å². The van der Waals surface area contributed by atoms with E-state index in [1.54, 1.807) is 19.3 Å². The molecule has 0 bridgehead atoms. The summed E-state index contributed by atoms with van der Waals surface area (Å²) >= 11 is 19.5. The van der Waals surface area contributed by atoms with Crippen LogP contribution in [0.1, 0.15) is 53.2 Å². The number of nitrogen functional groups attached to an aromatic ring is 1. The third kappa shape index (κ3) is 7.10. The molecule has 230 valence electrons. The van der Waals surface area contributed by atoms with Crippen LogP contribution >= 0.6 is 34.8 Å². The van der Waals surface area contributed by atoms with Crippen molar-refractivity contribution in [2.75, 3.05) is 18.2 Å². The number of anilines is 2. The molecule has 1 fully saturated rings. The first-order valence-corrected chi connectivity index (χ1v) is 15.6. The lowest BCUT2D eigenvalue weighted by Crippen LogP contribution is -2.37. The van der Waals surface area contributed by atoms with Gasteiger partial charge in [-0.05, 0) is 91.1 Å². The van der Waals surface area contributed by atoms with Gasteiger partial charge in [0, 0.05) is 58.2 Å². The van der Waals surface area contributed by atoms with Gasteiger partial charge in [-0.25, -0.2) is 0 Å². The van der Waals surface area contributed by atoms with E-state index in [1.807, 2.05) is 68.4 Å². The average Bonchev–Trinajstić information content (AvgIpc) is 3.57. The zero-order valence-corrected chi connectivity index (χ0v) is 27.2. The van der Waals surface area contributed by atoms with E-state index in [1.165, 1.54) is 0 Å². The Hall–Kier alpha value is -3.42. The lowest BCUT2D eigenvalue weighted by atomic mass is 9.97. The first-order valence-electron chi connectivity index (χ1n) is 14.5. The minimum absolute atomic E-state index is 0.0203. The van der Waals surface area contributed by atoms with Gasteiger partial charge in [0.1, 0.15) is 6.23 Å². The number of amides is 1. The highest BCUT2D eigenvalue weighted by Crippen LogP contribution is 2.64. The number of nitrogens with two attached hydrogens (primary N) is 1.